The van der Waals surface area contributed by atoms with Gasteiger partial charge in [0.25, 0.3) is 0 Å². The molecule has 1 heterocycles. The van der Waals surface area contributed by atoms with Gasteiger partial charge in [0.2, 0.25) is 5.78 Å². The number of hydrogen-bond acceptors (Lipinski definition) is 5. The van der Waals surface area contributed by atoms with E-state index in [1.165, 1.54) is 13.0 Å². The Bertz CT molecular complexity index is 1040. The lowest BCUT2D eigenvalue weighted by molar-refractivity contribution is 0.0275. The molecule has 5 nitrogen and oxygen atoms in total. The highest BCUT2D eigenvalue weighted by atomic mass is 35.5. The van der Waals surface area contributed by atoms with Crippen molar-refractivity contribution in [3.8, 4) is 0 Å². The van der Waals surface area contributed by atoms with Crippen molar-refractivity contribution >= 4 is 23.4 Å². The van der Waals surface area contributed by atoms with Crippen LogP contribution in [0.3, 0.4) is 0 Å². The van der Waals surface area contributed by atoms with Crippen LogP contribution < -0.4 is 5.63 Å². The Kier molecular flexibility index (Phi) is 5.76. The van der Waals surface area contributed by atoms with Crippen molar-refractivity contribution < 1.29 is 18.7 Å². The molecule has 2 aromatic carbocycles. The van der Waals surface area contributed by atoms with Crippen molar-refractivity contribution in [2.45, 2.75) is 20.0 Å². The standard InChI is InChI=1S/C22H17ClO5/c1-13-12-18(24)27-14(2)19(13)22(26)28-21(16-8-10-17(23)11-9-16)20(25)15-6-4-3-5-7-15/h3-12,21H,1-2H3/t21-/m1/s1. The molecule has 0 saturated carbocycles. The molecule has 0 aliphatic rings. The molecule has 3 rings (SSSR count). The fourth-order valence-corrected chi connectivity index (χ4v) is 3.02. The van der Waals surface area contributed by atoms with E-state index in [1.807, 2.05) is 0 Å². The van der Waals surface area contributed by atoms with E-state index in [9.17, 15) is 14.4 Å². The van der Waals surface area contributed by atoms with E-state index in [2.05, 4.69) is 0 Å². The van der Waals surface area contributed by atoms with Gasteiger partial charge in [0.05, 0.1) is 0 Å². The van der Waals surface area contributed by atoms with Gasteiger partial charge in [0.1, 0.15) is 11.3 Å². The number of halogens is 1. The summed E-state index contributed by atoms with van der Waals surface area (Å²) in [6.07, 6.45) is -1.17. The molecule has 0 saturated heterocycles. The molecule has 0 bridgehead atoms. The van der Waals surface area contributed by atoms with Crippen LogP contribution in [0.25, 0.3) is 0 Å². The topological polar surface area (TPSA) is 73.6 Å². The van der Waals surface area contributed by atoms with Crippen LogP contribution in [0.4, 0.5) is 0 Å². The van der Waals surface area contributed by atoms with Crippen molar-refractivity contribution in [2.24, 2.45) is 0 Å². The van der Waals surface area contributed by atoms with E-state index in [0.29, 0.717) is 21.7 Å². The smallest absolute Gasteiger partial charge is 0.342 e. The van der Waals surface area contributed by atoms with Gasteiger partial charge in [-0.1, -0.05) is 54.1 Å². The van der Waals surface area contributed by atoms with Crippen molar-refractivity contribution in [3.05, 3.63) is 104 Å². The zero-order chi connectivity index (χ0) is 20.3. The average molecular weight is 397 g/mol. The number of ether oxygens (including phenoxy) is 1. The van der Waals surface area contributed by atoms with Crippen LogP contribution in [-0.4, -0.2) is 11.8 Å². The molecule has 1 atom stereocenters. The number of aryl methyl sites for hydroxylation is 2. The minimum atomic E-state index is -1.17. The van der Waals surface area contributed by atoms with Crippen LogP contribution in [0.2, 0.25) is 5.02 Å². The second kappa shape index (κ2) is 8.23. The summed E-state index contributed by atoms with van der Waals surface area (Å²) in [5.74, 6) is -0.982. The Labute approximate surface area is 166 Å². The molecular formula is C22H17ClO5. The van der Waals surface area contributed by atoms with E-state index in [4.69, 9.17) is 20.8 Å². The van der Waals surface area contributed by atoms with Crippen LogP contribution in [-0.2, 0) is 4.74 Å². The minimum Gasteiger partial charge on any atom is -0.445 e. The van der Waals surface area contributed by atoms with Gasteiger partial charge in [-0.25, -0.2) is 9.59 Å². The van der Waals surface area contributed by atoms with E-state index in [1.54, 1.807) is 61.5 Å². The molecule has 0 amide bonds. The van der Waals surface area contributed by atoms with Gasteiger partial charge in [-0.15, -0.1) is 0 Å². The van der Waals surface area contributed by atoms with Gasteiger partial charge >= 0.3 is 11.6 Å². The van der Waals surface area contributed by atoms with Crippen LogP contribution in [0.1, 0.15) is 43.7 Å². The first kappa shape index (κ1) is 19.6. The average Bonchev–Trinajstić information content (AvgIpc) is 2.66. The minimum absolute atomic E-state index is 0.124. The molecular weight excluding hydrogens is 380 g/mol. The summed E-state index contributed by atoms with van der Waals surface area (Å²) in [6, 6.07) is 16.3. The maximum atomic E-state index is 13.0. The highest BCUT2D eigenvalue weighted by Gasteiger charge is 2.28. The predicted octanol–water partition coefficient (Wildman–Crippen LogP) is 4.69. The number of hydrogen-bond donors (Lipinski definition) is 0. The monoisotopic (exact) mass is 396 g/mol. The summed E-state index contributed by atoms with van der Waals surface area (Å²) in [6.45, 7) is 3.11. The SMILES string of the molecule is Cc1cc(=O)oc(C)c1C(=O)O[C@@H](C(=O)c1ccccc1)c1ccc(Cl)cc1. The van der Waals surface area contributed by atoms with E-state index >= 15 is 0 Å². The van der Waals surface area contributed by atoms with E-state index < -0.39 is 17.7 Å². The number of ketones is 1. The second-order valence-corrected chi connectivity index (χ2v) is 6.68. The van der Waals surface area contributed by atoms with E-state index in [-0.39, 0.29) is 17.1 Å². The number of rotatable bonds is 5. The van der Waals surface area contributed by atoms with Crippen LogP contribution >= 0.6 is 11.6 Å². The summed E-state index contributed by atoms with van der Waals surface area (Å²) < 4.78 is 10.6. The Morgan fingerprint density at radius 1 is 1.00 bits per heavy atom. The summed E-state index contributed by atoms with van der Waals surface area (Å²) in [5, 5.41) is 0.498. The van der Waals surface area contributed by atoms with Crippen molar-refractivity contribution in [1.82, 2.24) is 0 Å². The Balaban J connectivity index is 2.00. The molecule has 142 valence electrons. The summed E-state index contributed by atoms with van der Waals surface area (Å²) in [7, 11) is 0. The van der Waals surface area contributed by atoms with Gasteiger partial charge in [-0.05, 0) is 31.5 Å². The number of Topliss-reactive ketones (excluding diaryl/α,β-unsaturated/α-hetero) is 1. The normalized spacial score (nSPS) is 11.7. The molecule has 0 aliphatic carbocycles. The molecule has 0 N–H and O–H groups in total. The number of carbonyl (C=O) groups is 2. The molecule has 28 heavy (non-hydrogen) atoms. The van der Waals surface area contributed by atoms with Gasteiger partial charge in [-0.2, -0.15) is 0 Å². The van der Waals surface area contributed by atoms with E-state index in [0.717, 1.165) is 0 Å². The molecule has 0 aliphatic heterocycles. The maximum Gasteiger partial charge on any atom is 0.342 e. The third-order valence-corrected chi connectivity index (χ3v) is 4.48. The fraction of sp³-hybridized carbons (Fsp3) is 0.136. The molecule has 0 unspecified atom stereocenters. The highest BCUT2D eigenvalue weighted by molar-refractivity contribution is 6.30. The Morgan fingerprint density at radius 2 is 1.64 bits per heavy atom. The quantitative estimate of drug-likeness (QED) is 0.462. The second-order valence-electron chi connectivity index (χ2n) is 6.25. The molecule has 0 radical (unpaired) electrons. The molecule has 0 spiro atoms. The summed E-state index contributed by atoms with van der Waals surface area (Å²) >= 11 is 5.94. The third-order valence-electron chi connectivity index (χ3n) is 4.23. The number of esters is 1. The first-order valence-electron chi connectivity index (χ1n) is 8.54. The maximum absolute atomic E-state index is 13.0. The summed E-state index contributed by atoms with van der Waals surface area (Å²) in [4.78, 5) is 37.3. The molecule has 0 fully saturated rings. The van der Waals surface area contributed by atoms with Crippen LogP contribution in [0.15, 0.2) is 69.9 Å². The third kappa shape index (κ3) is 4.21. The number of carbonyl (C=O) groups excluding carboxylic acids is 2. The highest BCUT2D eigenvalue weighted by Crippen LogP contribution is 2.26. The molecule has 1 aromatic heterocycles. The van der Waals surface area contributed by atoms with Gasteiger partial charge in [0.15, 0.2) is 6.10 Å². The fourth-order valence-electron chi connectivity index (χ4n) is 2.89. The Hall–Kier alpha value is -3.18. The van der Waals surface area contributed by atoms with Crippen LogP contribution in [0, 0.1) is 13.8 Å². The lowest BCUT2D eigenvalue weighted by Gasteiger charge is -2.18. The summed E-state index contributed by atoms with van der Waals surface area (Å²) in [5.41, 5.74) is 0.879. The molecule has 6 heteroatoms. The first-order chi connectivity index (χ1) is 13.4. The predicted molar refractivity (Wildman–Crippen MR) is 105 cm³/mol. The largest absolute Gasteiger partial charge is 0.445 e. The van der Waals surface area contributed by atoms with Crippen LogP contribution in [0.5, 0.6) is 0 Å². The molecule has 3 aromatic rings. The van der Waals surface area contributed by atoms with Crippen molar-refractivity contribution in [3.63, 3.8) is 0 Å². The zero-order valence-electron chi connectivity index (χ0n) is 15.3. The lowest BCUT2D eigenvalue weighted by Crippen LogP contribution is -2.22. The van der Waals surface area contributed by atoms with Gasteiger partial charge in [-0.3, -0.25) is 4.79 Å². The Morgan fingerprint density at radius 3 is 2.25 bits per heavy atom. The lowest BCUT2D eigenvalue weighted by atomic mass is 9.99. The van der Waals surface area contributed by atoms with Crippen molar-refractivity contribution in [1.29, 1.82) is 0 Å². The first-order valence-corrected chi connectivity index (χ1v) is 8.91. The zero-order valence-corrected chi connectivity index (χ0v) is 16.0. The van der Waals surface area contributed by atoms with Gasteiger partial charge < -0.3 is 9.15 Å². The number of benzene rings is 2. The van der Waals surface area contributed by atoms with Gasteiger partial charge in [0, 0.05) is 22.2 Å². The van der Waals surface area contributed by atoms with Crippen molar-refractivity contribution in [2.75, 3.05) is 0 Å².